The van der Waals surface area contributed by atoms with Crippen molar-refractivity contribution in [3.8, 4) is 0 Å². The van der Waals surface area contributed by atoms with E-state index < -0.39 is 53.6 Å². The van der Waals surface area contributed by atoms with Gasteiger partial charge in [-0.1, -0.05) is 85.1 Å². The number of amides is 3. The van der Waals surface area contributed by atoms with Crippen molar-refractivity contribution in [2.24, 2.45) is 11.8 Å². The second kappa shape index (κ2) is 18.4. The number of likely N-dealkylation sites (N-methyl/N-ethyl adjacent to an activating group) is 1. The van der Waals surface area contributed by atoms with Crippen LogP contribution >= 0.6 is 0 Å². The van der Waals surface area contributed by atoms with E-state index in [0.29, 0.717) is 12.8 Å². The zero-order valence-corrected chi connectivity index (χ0v) is 25.6. The average molecular weight is 578 g/mol. The molecule has 0 saturated heterocycles. The molecule has 10 heteroatoms. The molecule has 0 aliphatic carbocycles. The number of cyclic esters (lactones) is 1. The summed E-state index contributed by atoms with van der Waals surface area (Å²) in [6.45, 7) is 9.81. The molecule has 1 rings (SSSR count). The summed E-state index contributed by atoms with van der Waals surface area (Å²) in [5.41, 5.74) is -2.37. The van der Waals surface area contributed by atoms with Crippen LogP contribution in [0.5, 0.6) is 0 Å². The first-order valence-electron chi connectivity index (χ1n) is 15.0. The Hall–Kier alpha value is -3.01. The highest BCUT2D eigenvalue weighted by atomic mass is 16.5. The van der Waals surface area contributed by atoms with Gasteiger partial charge in [0.1, 0.15) is 12.6 Å². The molecule has 1 aliphatic rings. The summed E-state index contributed by atoms with van der Waals surface area (Å²) in [5.74, 6) is -3.97. The van der Waals surface area contributed by atoms with Crippen molar-refractivity contribution in [1.29, 1.82) is 0 Å². The van der Waals surface area contributed by atoms with E-state index in [1.165, 1.54) is 58.6 Å². The number of unbranched alkanes of at least 4 members (excludes halogenated alkanes) is 7. The smallest absolute Gasteiger partial charge is 0.325 e. The van der Waals surface area contributed by atoms with Crippen LogP contribution in [0.4, 0.5) is 0 Å². The molecule has 0 spiro atoms. The molecule has 41 heavy (non-hydrogen) atoms. The number of Topliss-reactive ketones (excluding diaryl/α,β-unsaturated/α-hetero) is 1. The third-order valence-corrected chi connectivity index (χ3v) is 7.69. The average Bonchev–Trinajstić information content (AvgIpc) is 2.93. The topological polar surface area (TPSA) is 142 Å². The molecule has 4 atom stereocenters. The monoisotopic (exact) mass is 577 g/mol. The molecule has 3 N–H and O–H groups in total. The van der Waals surface area contributed by atoms with Crippen molar-refractivity contribution in [3.63, 3.8) is 0 Å². The number of carbonyl (C=O) groups excluding carboxylic acids is 5. The van der Waals surface area contributed by atoms with E-state index in [9.17, 15) is 29.1 Å². The van der Waals surface area contributed by atoms with Crippen LogP contribution in [0, 0.1) is 11.8 Å². The minimum absolute atomic E-state index is 0.0797. The van der Waals surface area contributed by atoms with Crippen LogP contribution in [0.25, 0.3) is 0 Å². The third kappa shape index (κ3) is 13.5. The molecule has 1 unspecified atom stereocenters. The zero-order valence-electron chi connectivity index (χ0n) is 25.6. The molecular formula is C31H51N3O7. The number of rotatable bonds is 12. The van der Waals surface area contributed by atoms with Crippen molar-refractivity contribution in [2.45, 2.75) is 110 Å². The Kier molecular flexibility index (Phi) is 16.2. The molecule has 0 aromatic heterocycles. The summed E-state index contributed by atoms with van der Waals surface area (Å²) in [5, 5.41) is 15.4. The van der Waals surface area contributed by atoms with Gasteiger partial charge in [0.2, 0.25) is 11.8 Å². The highest BCUT2D eigenvalue weighted by molar-refractivity contribution is 6.10. The van der Waals surface area contributed by atoms with E-state index in [0.717, 1.165) is 43.1 Å². The number of ketones is 1. The van der Waals surface area contributed by atoms with Gasteiger partial charge < -0.3 is 25.4 Å². The Bertz CT molecular complexity index is 944. The molecule has 10 nitrogen and oxygen atoms in total. The molecule has 1 aliphatic heterocycles. The Morgan fingerprint density at radius 2 is 1.63 bits per heavy atom. The molecule has 0 fully saturated rings. The second-order valence-electron chi connectivity index (χ2n) is 11.5. The van der Waals surface area contributed by atoms with E-state index in [1.807, 2.05) is 0 Å². The zero-order chi connectivity index (χ0) is 31.0. The molecule has 3 amide bonds. The van der Waals surface area contributed by atoms with Crippen LogP contribution < -0.4 is 10.6 Å². The first kappa shape index (κ1) is 36.0. The first-order chi connectivity index (χ1) is 19.3. The second-order valence-corrected chi connectivity index (χ2v) is 11.5. The quantitative estimate of drug-likeness (QED) is 0.183. The van der Waals surface area contributed by atoms with Crippen LogP contribution in [0.2, 0.25) is 0 Å². The van der Waals surface area contributed by atoms with Gasteiger partial charge in [-0.3, -0.25) is 24.0 Å². The van der Waals surface area contributed by atoms with Crippen molar-refractivity contribution in [1.82, 2.24) is 15.5 Å². The van der Waals surface area contributed by atoms with Gasteiger partial charge in [-0.25, -0.2) is 0 Å². The van der Waals surface area contributed by atoms with Gasteiger partial charge in [-0.15, -0.1) is 0 Å². The molecule has 0 aromatic carbocycles. The molecule has 0 bridgehead atoms. The van der Waals surface area contributed by atoms with E-state index in [2.05, 4.69) is 31.1 Å². The number of esters is 1. The highest BCUT2D eigenvalue weighted by Crippen LogP contribution is 2.23. The number of nitrogens with one attached hydrogen (secondary N) is 2. The van der Waals surface area contributed by atoms with Gasteiger partial charge in [0.05, 0.1) is 12.5 Å². The molecule has 1 heterocycles. The molecule has 0 radical (unpaired) electrons. The summed E-state index contributed by atoms with van der Waals surface area (Å²) in [4.78, 5) is 64.3. The first-order valence-corrected chi connectivity index (χ1v) is 15.0. The Morgan fingerprint density at radius 1 is 1.05 bits per heavy atom. The molecule has 0 aromatic rings. The highest BCUT2D eigenvalue weighted by Gasteiger charge is 2.44. The van der Waals surface area contributed by atoms with Crippen molar-refractivity contribution in [2.75, 3.05) is 20.1 Å². The summed E-state index contributed by atoms with van der Waals surface area (Å²) >= 11 is 0. The molecule has 0 saturated carbocycles. The minimum Gasteiger partial charge on any atom is -0.460 e. The summed E-state index contributed by atoms with van der Waals surface area (Å²) in [7, 11) is 1.42. The Balaban J connectivity index is 2.84. The predicted octanol–water partition coefficient (Wildman–Crippen LogP) is 3.58. The summed E-state index contributed by atoms with van der Waals surface area (Å²) in [6.07, 6.45) is 13.0. The summed E-state index contributed by atoms with van der Waals surface area (Å²) < 4.78 is 5.64. The van der Waals surface area contributed by atoms with Crippen LogP contribution in [0.1, 0.15) is 98.3 Å². The van der Waals surface area contributed by atoms with Crippen molar-refractivity contribution >= 4 is 29.5 Å². The van der Waals surface area contributed by atoms with E-state index in [-0.39, 0.29) is 12.2 Å². The fourth-order valence-corrected chi connectivity index (χ4v) is 4.61. The van der Waals surface area contributed by atoms with Crippen LogP contribution in [0.15, 0.2) is 24.4 Å². The number of carbonyl (C=O) groups is 5. The lowest BCUT2D eigenvalue weighted by atomic mass is 9.85. The lowest BCUT2D eigenvalue weighted by Crippen LogP contribution is -2.55. The van der Waals surface area contributed by atoms with E-state index >= 15 is 0 Å². The normalized spacial score (nSPS) is 25.3. The third-order valence-electron chi connectivity index (χ3n) is 7.69. The number of nitrogens with zero attached hydrogens (tertiary/aromatic N) is 1. The maximum absolute atomic E-state index is 13.2. The van der Waals surface area contributed by atoms with E-state index in [1.54, 1.807) is 0 Å². The number of hydrogen-bond donors (Lipinski definition) is 3. The SMILES string of the molecule is C=C1/C=C/C(=O)N(C)CC(=O)O[C@@H](CCCCCCCCCCC(C)CC)[C@H](C)C(=O)[C@](C)(O)C(=O)NCC(=O)N1. The van der Waals surface area contributed by atoms with Crippen LogP contribution in [-0.4, -0.2) is 71.3 Å². The number of aliphatic hydroxyl groups is 1. The standard InChI is InChI=1S/C31H51N3O7/c1-7-22(2)16-14-12-10-8-9-11-13-15-17-25-24(4)29(38)31(5,40)30(39)32-20-26(35)33-23(3)18-19-27(36)34(6)21-28(37)41-25/h18-19,22,24-25,40H,3,7-17,20-21H2,1-2,4-6H3,(H,32,39)(H,33,35)/b19-18+/t22?,24-,25-,31-/m0/s1. The Labute approximate surface area is 245 Å². The molecule has 232 valence electrons. The predicted molar refractivity (Wildman–Crippen MR) is 157 cm³/mol. The maximum Gasteiger partial charge on any atom is 0.325 e. The molecular weight excluding hydrogens is 526 g/mol. The number of ether oxygens (including phenoxy) is 1. The maximum atomic E-state index is 13.2. The number of hydrogen-bond acceptors (Lipinski definition) is 7. The van der Waals surface area contributed by atoms with Gasteiger partial charge in [0.15, 0.2) is 11.4 Å². The fraction of sp³-hybridized carbons (Fsp3) is 0.710. The van der Waals surface area contributed by atoms with Gasteiger partial charge in [0.25, 0.3) is 5.91 Å². The van der Waals surface area contributed by atoms with Crippen LogP contribution in [0.3, 0.4) is 0 Å². The lowest BCUT2D eigenvalue weighted by Gasteiger charge is -2.29. The lowest BCUT2D eigenvalue weighted by molar-refractivity contribution is -0.162. The van der Waals surface area contributed by atoms with Crippen LogP contribution in [-0.2, 0) is 28.7 Å². The Morgan fingerprint density at radius 3 is 2.24 bits per heavy atom. The van der Waals surface area contributed by atoms with Crippen molar-refractivity contribution < 1.29 is 33.8 Å². The van der Waals surface area contributed by atoms with Gasteiger partial charge in [0, 0.05) is 18.8 Å². The van der Waals surface area contributed by atoms with Crippen molar-refractivity contribution in [3.05, 3.63) is 24.4 Å². The van der Waals surface area contributed by atoms with Gasteiger partial charge >= 0.3 is 5.97 Å². The van der Waals surface area contributed by atoms with Gasteiger partial charge in [-0.05, 0) is 31.8 Å². The van der Waals surface area contributed by atoms with Gasteiger partial charge in [-0.2, -0.15) is 0 Å². The van der Waals surface area contributed by atoms with E-state index in [4.69, 9.17) is 4.74 Å². The summed E-state index contributed by atoms with van der Waals surface area (Å²) in [6, 6.07) is 0. The number of allylic oxidation sites excluding steroid dienone is 1. The fourth-order valence-electron chi connectivity index (χ4n) is 4.61. The minimum atomic E-state index is -2.45. The largest absolute Gasteiger partial charge is 0.460 e.